The average molecular weight is 316 g/mol. The van der Waals surface area contributed by atoms with Gasteiger partial charge in [-0.1, -0.05) is 30.2 Å². The van der Waals surface area contributed by atoms with Gasteiger partial charge in [0.15, 0.2) is 0 Å². The van der Waals surface area contributed by atoms with E-state index < -0.39 is 0 Å². The molecule has 1 fully saturated rings. The lowest BCUT2D eigenvalue weighted by Crippen LogP contribution is -2.28. The SMILES string of the molecule is O=C(Nc1cccc(CNc2ccncc2Cl)c1)C1CCC1. The van der Waals surface area contributed by atoms with Crippen molar-refractivity contribution in [3.05, 3.63) is 53.3 Å². The molecule has 0 atom stereocenters. The van der Waals surface area contributed by atoms with Gasteiger partial charge in [-0.05, 0) is 36.6 Å². The normalized spacial score (nSPS) is 14.2. The second kappa shape index (κ2) is 6.79. The Morgan fingerprint density at radius 3 is 2.91 bits per heavy atom. The number of anilines is 2. The highest BCUT2D eigenvalue weighted by Crippen LogP contribution is 2.27. The third kappa shape index (κ3) is 3.57. The first-order chi connectivity index (χ1) is 10.7. The highest BCUT2D eigenvalue weighted by Gasteiger charge is 2.25. The molecule has 2 aromatic rings. The number of amides is 1. The molecule has 1 aliphatic rings. The van der Waals surface area contributed by atoms with Crippen LogP contribution < -0.4 is 10.6 Å². The smallest absolute Gasteiger partial charge is 0.227 e. The van der Waals surface area contributed by atoms with Gasteiger partial charge < -0.3 is 10.6 Å². The number of benzene rings is 1. The van der Waals surface area contributed by atoms with Crippen LogP contribution in [0.2, 0.25) is 5.02 Å². The van der Waals surface area contributed by atoms with Crippen LogP contribution in [0.5, 0.6) is 0 Å². The number of aromatic nitrogens is 1. The summed E-state index contributed by atoms with van der Waals surface area (Å²) in [6.45, 7) is 0.636. The van der Waals surface area contributed by atoms with E-state index in [1.54, 1.807) is 12.4 Å². The topological polar surface area (TPSA) is 54.0 Å². The van der Waals surface area contributed by atoms with Crippen molar-refractivity contribution < 1.29 is 4.79 Å². The summed E-state index contributed by atoms with van der Waals surface area (Å²) in [6, 6.07) is 9.70. The third-order valence-corrected chi connectivity index (χ3v) is 4.23. The van der Waals surface area contributed by atoms with Crippen molar-refractivity contribution in [1.29, 1.82) is 0 Å². The number of nitrogens with one attached hydrogen (secondary N) is 2. The molecule has 0 saturated heterocycles. The van der Waals surface area contributed by atoms with Crippen molar-refractivity contribution >= 4 is 28.9 Å². The van der Waals surface area contributed by atoms with Crippen LogP contribution in [-0.4, -0.2) is 10.9 Å². The summed E-state index contributed by atoms with van der Waals surface area (Å²) in [7, 11) is 0. The first kappa shape index (κ1) is 14.9. The van der Waals surface area contributed by atoms with Crippen LogP contribution in [0.3, 0.4) is 0 Å². The lowest BCUT2D eigenvalue weighted by atomic mass is 9.85. The van der Waals surface area contributed by atoms with Gasteiger partial charge in [0.05, 0.1) is 10.7 Å². The van der Waals surface area contributed by atoms with E-state index in [2.05, 4.69) is 15.6 Å². The van der Waals surface area contributed by atoms with Gasteiger partial charge in [-0.25, -0.2) is 0 Å². The van der Waals surface area contributed by atoms with E-state index in [1.807, 2.05) is 30.3 Å². The molecular formula is C17H18ClN3O. The van der Waals surface area contributed by atoms with Gasteiger partial charge in [0, 0.05) is 30.5 Å². The minimum absolute atomic E-state index is 0.133. The van der Waals surface area contributed by atoms with Gasteiger partial charge in [0.2, 0.25) is 5.91 Å². The van der Waals surface area contributed by atoms with E-state index in [0.29, 0.717) is 11.6 Å². The molecule has 1 aromatic heterocycles. The zero-order valence-corrected chi connectivity index (χ0v) is 12.9. The van der Waals surface area contributed by atoms with Gasteiger partial charge in [0.1, 0.15) is 0 Å². The molecule has 0 radical (unpaired) electrons. The minimum Gasteiger partial charge on any atom is -0.380 e. The number of carbonyl (C=O) groups excluding carboxylic acids is 1. The van der Waals surface area contributed by atoms with Gasteiger partial charge in [-0.15, -0.1) is 0 Å². The van der Waals surface area contributed by atoms with Gasteiger partial charge >= 0.3 is 0 Å². The molecule has 0 aliphatic heterocycles. The Morgan fingerprint density at radius 2 is 2.18 bits per heavy atom. The van der Waals surface area contributed by atoms with E-state index >= 15 is 0 Å². The molecule has 0 bridgehead atoms. The standard InChI is InChI=1S/C17H18ClN3O/c18-15-11-19-8-7-16(15)20-10-12-3-1-6-14(9-12)21-17(22)13-4-2-5-13/h1,3,6-9,11,13H,2,4-5,10H2,(H,19,20)(H,21,22). The molecular weight excluding hydrogens is 298 g/mol. The Labute approximate surface area is 134 Å². The van der Waals surface area contributed by atoms with Crippen LogP contribution in [0.4, 0.5) is 11.4 Å². The zero-order chi connectivity index (χ0) is 15.4. The third-order valence-electron chi connectivity index (χ3n) is 3.93. The Bertz CT molecular complexity index is 670. The van der Waals surface area contributed by atoms with Gasteiger partial charge in [0.25, 0.3) is 0 Å². The average Bonchev–Trinajstić information content (AvgIpc) is 2.45. The second-order valence-electron chi connectivity index (χ2n) is 5.53. The van der Waals surface area contributed by atoms with Crippen molar-refractivity contribution in [1.82, 2.24) is 4.98 Å². The molecule has 3 rings (SSSR count). The number of rotatable bonds is 5. The molecule has 0 spiro atoms. The predicted octanol–water partition coefficient (Wildman–Crippen LogP) is 4.09. The van der Waals surface area contributed by atoms with Crippen molar-refractivity contribution in [2.24, 2.45) is 5.92 Å². The molecule has 1 amide bonds. The highest BCUT2D eigenvalue weighted by molar-refractivity contribution is 6.33. The van der Waals surface area contributed by atoms with E-state index in [0.717, 1.165) is 36.2 Å². The largest absolute Gasteiger partial charge is 0.380 e. The Kier molecular flexibility index (Phi) is 4.59. The zero-order valence-electron chi connectivity index (χ0n) is 12.2. The van der Waals surface area contributed by atoms with Crippen LogP contribution in [0, 0.1) is 5.92 Å². The Hall–Kier alpha value is -2.07. The minimum atomic E-state index is 0.133. The lowest BCUT2D eigenvalue weighted by Gasteiger charge is -2.24. The summed E-state index contributed by atoms with van der Waals surface area (Å²) in [5, 5.41) is 6.86. The van der Waals surface area contributed by atoms with Gasteiger partial charge in [-0.2, -0.15) is 0 Å². The van der Waals surface area contributed by atoms with Crippen molar-refractivity contribution in [2.45, 2.75) is 25.8 Å². The Morgan fingerprint density at radius 1 is 1.32 bits per heavy atom. The second-order valence-corrected chi connectivity index (χ2v) is 5.93. The van der Waals surface area contributed by atoms with Crippen LogP contribution in [0.25, 0.3) is 0 Å². The predicted molar refractivity (Wildman–Crippen MR) is 89.0 cm³/mol. The first-order valence-corrected chi connectivity index (χ1v) is 7.83. The summed E-state index contributed by atoms with van der Waals surface area (Å²) in [5.41, 5.74) is 2.77. The molecule has 5 heteroatoms. The summed E-state index contributed by atoms with van der Waals surface area (Å²) < 4.78 is 0. The van der Waals surface area contributed by atoms with Crippen molar-refractivity contribution in [3.63, 3.8) is 0 Å². The molecule has 4 nitrogen and oxygen atoms in total. The molecule has 22 heavy (non-hydrogen) atoms. The molecule has 1 heterocycles. The van der Waals surface area contributed by atoms with Crippen LogP contribution in [0.1, 0.15) is 24.8 Å². The number of halogens is 1. The fourth-order valence-corrected chi connectivity index (χ4v) is 2.58. The van der Waals surface area contributed by atoms with E-state index in [-0.39, 0.29) is 11.8 Å². The summed E-state index contributed by atoms with van der Waals surface area (Å²) in [4.78, 5) is 15.9. The van der Waals surface area contributed by atoms with E-state index in [1.165, 1.54) is 0 Å². The molecule has 1 aromatic carbocycles. The molecule has 2 N–H and O–H groups in total. The fourth-order valence-electron chi connectivity index (χ4n) is 2.39. The lowest BCUT2D eigenvalue weighted by molar-refractivity contribution is -0.122. The van der Waals surface area contributed by atoms with Crippen LogP contribution in [0.15, 0.2) is 42.7 Å². The number of hydrogen-bond acceptors (Lipinski definition) is 3. The van der Waals surface area contributed by atoms with Crippen molar-refractivity contribution in [3.8, 4) is 0 Å². The monoisotopic (exact) mass is 315 g/mol. The van der Waals surface area contributed by atoms with Crippen molar-refractivity contribution in [2.75, 3.05) is 10.6 Å². The van der Waals surface area contributed by atoms with Gasteiger partial charge in [-0.3, -0.25) is 9.78 Å². The Balaban J connectivity index is 1.61. The maximum atomic E-state index is 12.0. The molecule has 1 aliphatic carbocycles. The van der Waals surface area contributed by atoms with Crippen LogP contribution in [-0.2, 0) is 11.3 Å². The van der Waals surface area contributed by atoms with Crippen LogP contribution >= 0.6 is 11.6 Å². The highest BCUT2D eigenvalue weighted by atomic mass is 35.5. The van der Waals surface area contributed by atoms with E-state index in [4.69, 9.17) is 11.6 Å². The number of carbonyl (C=O) groups is 1. The number of hydrogen-bond donors (Lipinski definition) is 2. The van der Waals surface area contributed by atoms with E-state index in [9.17, 15) is 4.79 Å². The summed E-state index contributed by atoms with van der Waals surface area (Å²) >= 11 is 6.07. The molecule has 114 valence electrons. The number of pyridine rings is 1. The maximum Gasteiger partial charge on any atom is 0.227 e. The first-order valence-electron chi connectivity index (χ1n) is 7.45. The maximum absolute atomic E-state index is 12.0. The summed E-state index contributed by atoms with van der Waals surface area (Å²) in [5.74, 6) is 0.325. The molecule has 1 saturated carbocycles. The fraction of sp³-hybridized carbons (Fsp3) is 0.294. The number of nitrogens with zero attached hydrogens (tertiary/aromatic N) is 1. The molecule has 0 unspecified atom stereocenters. The quantitative estimate of drug-likeness (QED) is 0.874. The summed E-state index contributed by atoms with van der Waals surface area (Å²) in [6.07, 6.45) is 6.48.